The average molecular weight is 335 g/mol. The number of hydrogen-bond acceptors (Lipinski definition) is 5. The van der Waals surface area contributed by atoms with Gasteiger partial charge in [0.1, 0.15) is 12.9 Å². The summed E-state index contributed by atoms with van der Waals surface area (Å²) in [6, 6.07) is 8.53. The molecular formula is C17H15ClO5. The van der Waals surface area contributed by atoms with Crippen molar-refractivity contribution in [1.29, 1.82) is 0 Å². The van der Waals surface area contributed by atoms with Gasteiger partial charge in [-0.3, -0.25) is 4.79 Å². The molecule has 3 rings (SSSR count). The van der Waals surface area contributed by atoms with E-state index in [1.165, 1.54) is 0 Å². The van der Waals surface area contributed by atoms with E-state index in [2.05, 4.69) is 0 Å². The Hall–Kier alpha value is -2.40. The van der Waals surface area contributed by atoms with Crippen molar-refractivity contribution in [3.8, 4) is 23.0 Å². The Balaban J connectivity index is 1.79. The molecule has 0 spiro atoms. The monoisotopic (exact) mass is 334 g/mol. The maximum Gasteiger partial charge on any atom is 0.231 e. The summed E-state index contributed by atoms with van der Waals surface area (Å²) in [5, 5.41) is 0.539. The smallest absolute Gasteiger partial charge is 0.231 e. The predicted molar refractivity (Wildman–Crippen MR) is 84.9 cm³/mol. The maximum atomic E-state index is 10.9. The summed E-state index contributed by atoms with van der Waals surface area (Å²) in [5.74, 6) is 2.35. The van der Waals surface area contributed by atoms with Gasteiger partial charge in [0.25, 0.3) is 0 Å². The van der Waals surface area contributed by atoms with E-state index in [0.29, 0.717) is 40.2 Å². The second-order valence-corrected chi connectivity index (χ2v) is 5.25. The van der Waals surface area contributed by atoms with Gasteiger partial charge in [-0.15, -0.1) is 0 Å². The molecule has 0 unspecified atom stereocenters. The predicted octanol–water partition coefficient (Wildman–Crippen LogP) is 3.86. The number of aldehydes is 1. The molecule has 0 aliphatic carbocycles. The Bertz CT molecular complexity index is 729. The zero-order valence-electron chi connectivity index (χ0n) is 12.5. The first-order chi connectivity index (χ1) is 11.2. The minimum atomic E-state index is 0.192. The van der Waals surface area contributed by atoms with Gasteiger partial charge in [0.05, 0.1) is 11.6 Å². The molecule has 0 fully saturated rings. The number of halogens is 1. The number of hydrogen-bond donors (Lipinski definition) is 0. The molecule has 1 heterocycles. The fourth-order valence-electron chi connectivity index (χ4n) is 2.21. The van der Waals surface area contributed by atoms with E-state index in [1.54, 1.807) is 30.3 Å². The fourth-order valence-corrected chi connectivity index (χ4v) is 2.42. The molecule has 23 heavy (non-hydrogen) atoms. The lowest BCUT2D eigenvalue weighted by atomic mass is 10.2. The molecule has 0 amide bonds. The van der Waals surface area contributed by atoms with E-state index < -0.39 is 0 Å². The summed E-state index contributed by atoms with van der Waals surface area (Å²) >= 11 is 6.23. The van der Waals surface area contributed by atoms with Crippen LogP contribution in [0.2, 0.25) is 5.02 Å². The molecule has 0 aromatic heterocycles. The van der Waals surface area contributed by atoms with Crippen molar-refractivity contribution in [3.63, 3.8) is 0 Å². The number of carbonyl (C=O) groups is 1. The largest absolute Gasteiger partial charge is 0.490 e. The van der Waals surface area contributed by atoms with Crippen molar-refractivity contribution in [2.24, 2.45) is 0 Å². The van der Waals surface area contributed by atoms with E-state index in [4.69, 9.17) is 30.5 Å². The van der Waals surface area contributed by atoms with E-state index in [-0.39, 0.29) is 13.4 Å². The first-order valence-corrected chi connectivity index (χ1v) is 7.52. The van der Waals surface area contributed by atoms with Gasteiger partial charge in [-0.1, -0.05) is 11.6 Å². The van der Waals surface area contributed by atoms with E-state index in [9.17, 15) is 4.79 Å². The van der Waals surface area contributed by atoms with Crippen molar-refractivity contribution < 1.29 is 23.7 Å². The molecule has 1 aliphatic rings. The van der Waals surface area contributed by atoms with Gasteiger partial charge in [-0.05, 0) is 31.2 Å². The normalized spacial score (nSPS) is 12.1. The summed E-state index contributed by atoms with van der Waals surface area (Å²) in [4.78, 5) is 10.9. The molecule has 0 bridgehead atoms. The molecule has 0 atom stereocenters. The summed E-state index contributed by atoms with van der Waals surface area (Å²) < 4.78 is 21.9. The van der Waals surface area contributed by atoms with Crippen molar-refractivity contribution in [2.75, 3.05) is 13.4 Å². The summed E-state index contributed by atoms with van der Waals surface area (Å²) in [7, 11) is 0. The second kappa shape index (κ2) is 6.79. The van der Waals surface area contributed by atoms with Crippen molar-refractivity contribution in [3.05, 3.63) is 46.5 Å². The number of carbonyl (C=O) groups excluding carboxylic acids is 1. The van der Waals surface area contributed by atoms with Crippen LogP contribution in [0.25, 0.3) is 0 Å². The quantitative estimate of drug-likeness (QED) is 0.751. The Morgan fingerprint density at radius 3 is 2.65 bits per heavy atom. The standard InChI is InChI=1S/C17H15ClO5/c1-2-20-15-5-11(8-19)3-4-14(15)21-9-12-6-16-17(7-13(12)18)23-10-22-16/h3-8H,2,9-10H2,1H3. The van der Waals surface area contributed by atoms with Crippen LogP contribution in [0, 0.1) is 0 Å². The Kier molecular flexibility index (Phi) is 4.57. The zero-order valence-corrected chi connectivity index (χ0v) is 13.3. The lowest BCUT2D eigenvalue weighted by Crippen LogP contribution is -2.01. The molecule has 6 heteroatoms. The third kappa shape index (κ3) is 3.35. The Morgan fingerprint density at radius 2 is 1.91 bits per heavy atom. The third-order valence-corrected chi connectivity index (χ3v) is 3.68. The SMILES string of the molecule is CCOc1cc(C=O)ccc1OCc1cc2c(cc1Cl)OCO2. The van der Waals surface area contributed by atoms with Gasteiger partial charge < -0.3 is 18.9 Å². The number of fused-ring (bicyclic) bond motifs is 1. The molecule has 0 N–H and O–H groups in total. The molecule has 2 aromatic carbocycles. The fraction of sp³-hybridized carbons (Fsp3) is 0.235. The van der Waals surface area contributed by atoms with Gasteiger partial charge in [-0.2, -0.15) is 0 Å². The van der Waals surface area contributed by atoms with Crippen LogP contribution in [0.4, 0.5) is 0 Å². The molecule has 5 nitrogen and oxygen atoms in total. The topological polar surface area (TPSA) is 54.0 Å². The van der Waals surface area contributed by atoms with Crippen molar-refractivity contribution in [2.45, 2.75) is 13.5 Å². The Labute approximate surface area is 138 Å². The van der Waals surface area contributed by atoms with Gasteiger partial charge in [0.15, 0.2) is 23.0 Å². The van der Waals surface area contributed by atoms with Gasteiger partial charge >= 0.3 is 0 Å². The highest BCUT2D eigenvalue weighted by atomic mass is 35.5. The highest BCUT2D eigenvalue weighted by Crippen LogP contribution is 2.37. The van der Waals surface area contributed by atoms with Crippen LogP contribution in [0.5, 0.6) is 23.0 Å². The van der Waals surface area contributed by atoms with Crippen LogP contribution in [0.3, 0.4) is 0 Å². The molecular weight excluding hydrogens is 320 g/mol. The van der Waals surface area contributed by atoms with Crippen LogP contribution in [0.1, 0.15) is 22.8 Å². The van der Waals surface area contributed by atoms with Crippen molar-refractivity contribution >= 4 is 17.9 Å². The minimum absolute atomic E-state index is 0.192. The molecule has 0 saturated heterocycles. The van der Waals surface area contributed by atoms with Gasteiger partial charge in [0.2, 0.25) is 6.79 Å². The highest BCUT2D eigenvalue weighted by Gasteiger charge is 2.17. The van der Waals surface area contributed by atoms with Gasteiger partial charge in [0, 0.05) is 17.2 Å². The first kappa shape index (κ1) is 15.5. The van der Waals surface area contributed by atoms with E-state index >= 15 is 0 Å². The van der Waals surface area contributed by atoms with E-state index in [0.717, 1.165) is 11.8 Å². The molecule has 0 saturated carbocycles. The summed E-state index contributed by atoms with van der Waals surface area (Å²) in [6.07, 6.45) is 0.765. The number of rotatable bonds is 6. The van der Waals surface area contributed by atoms with Crippen LogP contribution < -0.4 is 18.9 Å². The van der Waals surface area contributed by atoms with E-state index in [1.807, 2.05) is 6.92 Å². The molecule has 120 valence electrons. The second-order valence-electron chi connectivity index (χ2n) is 4.84. The third-order valence-electron chi connectivity index (χ3n) is 3.33. The molecule has 1 aliphatic heterocycles. The van der Waals surface area contributed by atoms with Crippen LogP contribution in [-0.2, 0) is 6.61 Å². The van der Waals surface area contributed by atoms with Crippen LogP contribution in [-0.4, -0.2) is 19.7 Å². The highest BCUT2D eigenvalue weighted by molar-refractivity contribution is 6.31. The lowest BCUT2D eigenvalue weighted by molar-refractivity contribution is 0.112. The average Bonchev–Trinajstić information content (AvgIpc) is 3.00. The molecule has 2 aromatic rings. The zero-order chi connectivity index (χ0) is 16.2. The number of ether oxygens (including phenoxy) is 4. The molecule has 0 radical (unpaired) electrons. The first-order valence-electron chi connectivity index (χ1n) is 7.14. The lowest BCUT2D eigenvalue weighted by Gasteiger charge is -2.13. The van der Waals surface area contributed by atoms with Crippen LogP contribution >= 0.6 is 11.6 Å². The minimum Gasteiger partial charge on any atom is -0.490 e. The summed E-state index contributed by atoms with van der Waals surface area (Å²) in [6.45, 7) is 2.78. The van der Waals surface area contributed by atoms with Crippen molar-refractivity contribution in [1.82, 2.24) is 0 Å². The Morgan fingerprint density at radius 1 is 1.13 bits per heavy atom. The summed E-state index contributed by atoms with van der Waals surface area (Å²) in [5.41, 5.74) is 1.31. The van der Waals surface area contributed by atoms with Gasteiger partial charge in [-0.25, -0.2) is 0 Å². The van der Waals surface area contributed by atoms with Crippen LogP contribution in [0.15, 0.2) is 30.3 Å². The number of benzene rings is 2. The maximum absolute atomic E-state index is 10.9.